The molecule has 250 valence electrons. The first-order chi connectivity index (χ1) is 21.8. The number of rotatable bonds is 10. The number of benzene rings is 4. The van der Waals surface area contributed by atoms with Gasteiger partial charge in [0, 0.05) is 18.1 Å². The second-order valence-electron chi connectivity index (χ2n) is 9.93. The minimum atomic E-state index is -5.25. The molecule has 4 rings (SSSR count). The van der Waals surface area contributed by atoms with Gasteiger partial charge in [0.25, 0.3) is 5.91 Å². The number of carbonyl (C=O) groups is 1. The zero-order valence-electron chi connectivity index (χ0n) is 23.2. The predicted octanol–water partition coefficient (Wildman–Crippen LogP) is 9.04. The van der Waals surface area contributed by atoms with Crippen molar-refractivity contribution in [2.45, 2.75) is 37.0 Å². The molecular weight excluding hydrogens is 662 g/mol. The number of hydrogen-bond acceptors (Lipinski definition) is 3. The van der Waals surface area contributed by atoms with Crippen LogP contribution in [-0.4, -0.2) is 24.8 Å². The standard InChI is InChI=1S/C31H19F12NO3/c32-21-13-20(14-23(15-21)46-30(39,40)27(34)35)28(16-17-4-2-1-3-5-17,19-7-9-22(10-8-19)47-31(41,42)43)44-26(45)18-6-11-25(33)24(12-18)29(36,37)38/h1-15,27H,16H2,(H,44,45)/t28-/m1/s1. The lowest BCUT2D eigenvalue weighted by Crippen LogP contribution is -2.48. The number of halogens is 12. The van der Waals surface area contributed by atoms with Crippen molar-refractivity contribution in [3.63, 3.8) is 0 Å². The maximum Gasteiger partial charge on any atom is 0.573 e. The molecule has 4 nitrogen and oxygen atoms in total. The number of alkyl halides is 10. The molecule has 16 heteroatoms. The van der Waals surface area contributed by atoms with Gasteiger partial charge in [-0.2, -0.15) is 30.7 Å². The van der Waals surface area contributed by atoms with Gasteiger partial charge in [-0.15, -0.1) is 13.2 Å². The average Bonchev–Trinajstić information content (AvgIpc) is 2.96. The molecular formula is C31H19F12NO3. The van der Waals surface area contributed by atoms with Crippen molar-refractivity contribution >= 4 is 5.91 Å². The van der Waals surface area contributed by atoms with Crippen LogP contribution in [0.2, 0.25) is 0 Å². The van der Waals surface area contributed by atoms with Gasteiger partial charge in [-0.1, -0.05) is 42.5 Å². The minimum absolute atomic E-state index is 0.168. The third-order valence-corrected chi connectivity index (χ3v) is 6.63. The van der Waals surface area contributed by atoms with Gasteiger partial charge in [0.1, 0.15) is 23.1 Å². The lowest BCUT2D eigenvalue weighted by molar-refractivity contribution is -0.274. The average molecular weight is 681 g/mol. The first kappa shape index (κ1) is 35.0. The van der Waals surface area contributed by atoms with Gasteiger partial charge in [0.15, 0.2) is 0 Å². The Labute approximate surface area is 257 Å². The maximum absolute atomic E-state index is 15.0. The van der Waals surface area contributed by atoms with Crippen molar-refractivity contribution in [3.05, 3.63) is 130 Å². The minimum Gasteiger partial charge on any atom is -0.428 e. The number of ether oxygens (including phenoxy) is 2. The van der Waals surface area contributed by atoms with Crippen LogP contribution < -0.4 is 14.8 Å². The summed E-state index contributed by atoms with van der Waals surface area (Å²) in [4.78, 5) is 13.6. The van der Waals surface area contributed by atoms with Gasteiger partial charge in [-0.05, 0) is 59.2 Å². The topological polar surface area (TPSA) is 47.6 Å². The molecule has 0 bridgehead atoms. The molecule has 1 amide bonds. The summed E-state index contributed by atoms with van der Waals surface area (Å²) in [7, 11) is 0. The molecule has 0 saturated carbocycles. The molecule has 0 aliphatic rings. The van der Waals surface area contributed by atoms with Crippen LogP contribution in [0.4, 0.5) is 52.7 Å². The molecule has 4 aromatic carbocycles. The summed E-state index contributed by atoms with van der Waals surface area (Å²) in [6.07, 6.45) is -20.4. The summed E-state index contributed by atoms with van der Waals surface area (Å²) >= 11 is 0. The van der Waals surface area contributed by atoms with Crippen molar-refractivity contribution in [1.29, 1.82) is 0 Å². The normalized spacial score (nSPS) is 13.6. The molecule has 1 atom stereocenters. The summed E-state index contributed by atoms with van der Waals surface area (Å²) in [5.41, 5.74) is -5.31. The van der Waals surface area contributed by atoms with Crippen LogP contribution in [0.3, 0.4) is 0 Å². The molecule has 0 saturated heterocycles. The van der Waals surface area contributed by atoms with Crippen LogP contribution in [0.1, 0.15) is 32.6 Å². The number of amides is 1. The van der Waals surface area contributed by atoms with Crippen LogP contribution in [0.5, 0.6) is 11.5 Å². The van der Waals surface area contributed by atoms with Crippen LogP contribution in [0, 0.1) is 11.6 Å². The molecule has 0 aliphatic carbocycles. The van der Waals surface area contributed by atoms with Crippen molar-refractivity contribution in [1.82, 2.24) is 5.32 Å². The van der Waals surface area contributed by atoms with Crippen molar-refractivity contribution in [2.24, 2.45) is 0 Å². The van der Waals surface area contributed by atoms with Gasteiger partial charge >= 0.3 is 25.1 Å². The summed E-state index contributed by atoms with van der Waals surface area (Å²) in [6.45, 7) is 0. The molecule has 4 aromatic rings. The SMILES string of the molecule is O=C(N[C@](Cc1ccccc1)(c1ccc(OC(F)(F)F)cc1)c1cc(F)cc(OC(F)(F)C(F)F)c1)c1ccc(F)c(C(F)(F)F)c1. The molecule has 0 unspecified atom stereocenters. The Morgan fingerprint density at radius 1 is 0.702 bits per heavy atom. The largest absolute Gasteiger partial charge is 0.573 e. The third kappa shape index (κ3) is 8.48. The van der Waals surface area contributed by atoms with Crippen LogP contribution in [0.15, 0.2) is 91.0 Å². The lowest BCUT2D eigenvalue weighted by atomic mass is 9.77. The van der Waals surface area contributed by atoms with E-state index in [1.807, 2.05) is 0 Å². The maximum atomic E-state index is 15.0. The van der Waals surface area contributed by atoms with Crippen LogP contribution in [-0.2, 0) is 18.1 Å². The fourth-order valence-corrected chi connectivity index (χ4v) is 4.62. The first-order valence-corrected chi connectivity index (χ1v) is 13.0. The van der Waals surface area contributed by atoms with Gasteiger partial charge in [0.05, 0.1) is 11.1 Å². The molecule has 0 aromatic heterocycles. The molecule has 0 fully saturated rings. The Morgan fingerprint density at radius 3 is 1.91 bits per heavy atom. The van der Waals surface area contributed by atoms with Crippen molar-refractivity contribution < 1.29 is 67.0 Å². The van der Waals surface area contributed by atoms with Gasteiger partial charge in [-0.25, -0.2) is 8.78 Å². The van der Waals surface area contributed by atoms with Crippen LogP contribution in [0.25, 0.3) is 0 Å². The Kier molecular flexibility index (Phi) is 9.73. The quantitative estimate of drug-likeness (QED) is 0.170. The zero-order chi connectivity index (χ0) is 34.8. The van der Waals surface area contributed by atoms with Gasteiger partial charge in [0.2, 0.25) is 0 Å². The Balaban J connectivity index is 1.97. The fourth-order valence-electron chi connectivity index (χ4n) is 4.62. The van der Waals surface area contributed by atoms with E-state index in [0.29, 0.717) is 35.9 Å². The monoisotopic (exact) mass is 681 g/mol. The van der Waals surface area contributed by atoms with E-state index in [-0.39, 0.29) is 11.6 Å². The highest BCUT2D eigenvalue weighted by molar-refractivity contribution is 5.95. The molecule has 1 N–H and O–H groups in total. The van der Waals surface area contributed by atoms with E-state index in [1.54, 1.807) is 6.07 Å². The van der Waals surface area contributed by atoms with E-state index in [9.17, 15) is 57.5 Å². The molecule has 0 spiro atoms. The van der Waals surface area contributed by atoms with E-state index in [2.05, 4.69) is 14.8 Å². The fraction of sp³-hybridized carbons (Fsp3) is 0.194. The highest BCUT2D eigenvalue weighted by atomic mass is 19.4. The highest BCUT2D eigenvalue weighted by Gasteiger charge is 2.45. The smallest absolute Gasteiger partial charge is 0.428 e. The number of carbonyl (C=O) groups excluding carboxylic acids is 1. The van der Waals surface area contributed by atoms with Gasteiger partial charge in [-0.3, -0.25) is 4.79 Å². The van der Waals surface area contributed by atoms with E-state index in [0.717, 1.165) is 24.3 Å². The zero-order valence-corrected chi connectivity index (χ0v) is 23.2. The predicted molar refractivity (Wildman–Crippen MR) is 141 cm³/mol. The van der Waals surface area contributed by atoms with Gasteiger partial charge < -0.3 is 14.8 Å². The summed E-state index contributed by atoms with van der Waals surface area (Å²) in [6, 6.07) is 13.7. The summed E-state index contributed by atoms with van der Waals surface area (Å²) < 4.78 is 169. The van der Waals surface area contributed by atoms with Crippen molar-refractivity contribution in [2.75, 3.05) is 0 Å². The van der Waals surface area contributed by atoms with E-state index < -0.39 is 82.8 Å². The van der Waals surface area contributed by atoms with Crippen molar-refractivity contribution in [3.8, 4) is 11.5 Å². The summed E-state index contributed by atoms with van der Waals surface area (Å²) in [5, 5.41) is 2.38. The molecule has 0 radical (unpaired) electrons. The number of nitrogens with one attached hydrogen (secondary N) is 1. The Hall–Kier alpha value is -4.89. The molecule has 0 heterocycles. The lowest BCUT2D eigenvalue weighted by Gasteiger charge is -2.37. The Bertz CT molecular complexity index is 1710. The molecule has 0 aliphatic heterocycles. The van der Waals surface area contributed by atoms with E-state index in [4.69, 9.17) is 0 Å². The van der Waals surface area contributed by atoms with E-state index >= 15 is 0 Å². The molecule has 47 heavy (non-hydrogen) atoms. The van der Waals surface area contributed by atoms with E-state index in [1.165, 1.54) is 24.3 Å². The Morgan fingerprint density at radius 2 is 1.34 bits per heavy atom. The van der Waals surface area contributed by atoms with Crippen LogP contribution >= 0.6 is 0 Å². The highest BCUT2D eigenvalue weighted by Crippen LogP contribution is 2.39. The third-order valence-electron chi connectivity index (χ3n) is 6.63. The number of hydrogen-bond donors (Lipinski definition) is 1. The second-order valence-corrected chi connectivity index (χ2v) is 9.93. The second kappa shape index (κ2) is 13.1. The first-order valence-electron chi connectivity index (χ1n) is 13.0. The summed E-state index contributed by atoms with van der Waals surface area (Å²) in [5.74, 6) is -6.40.